The molecule has 3 heterocycles. The van der Waals surface area contributed by atoms with E-state index in [9.17, 15) is 24.0 Å². The molecule has 37 heavy (non-hydrogen) atoms. The molecule has 5 atom stereocenters. The Morgan fingerprint density at radius 3 is 2.73 bits per heavy atom. The fourth-order valence-corrected chi connectivity index (χ4v) is 5.20. The van der Waals surface area contributed by atoms with E-state index < -0.39 is 48.1 Å². The molecule has 1 aromatic carbocycles. The Morgan fingerprint density at radius 2 is 2.00 bits per heavy atom. The van der Waals surface area contributed by atoms with Crippen LogP contribution in [0.15, 0.2) is 36.4 Å². The van der Waals surface area contributed by atoms with Crippen LogP contribution in [-0.2, 0) is 33.4 Å². The molecule has 11 nitrogen and oxygen atoms in total. The standard InChI is InChI=1S/C26H31N3O8/c1-3-36-26-19(14-23(32)37-26)27-24(33)20-12-11-16-7-4-5-10-21(25(34)29(16)20)28(22(31)15-30)17-8-6-9-18(13-17)35-2/h4-6,8-9,13,15-16,19-21,26H,3,7,10-12,14H2,1-2H3,(H,27,33)/t16-,19?,20+,21+,26?/m1/s1. The maximum atomic E-state index is 14.0. The highest BCUT2D eigenvalue weighted by atomic mass is 16.7. The first-order valence-electron chi connectivity index (χ1n) is 12.4. The van der Waals surface area contributed by atoms with Gasteiger partial charge in [-0.3, -0.25) is 28.9 Å². The van der Waals surface area contributed by atoms with Crippen LogP contribution in [-0.4, -0.2) is 79.1 Å². The summed E-state index contributed by atoms with van der Waals surface area (Å²) in [6.45, 7) is 2.06. The molecule has 0 aliphatic carbocycles. The van der Waals surface area contributed by atoms with Gasteiger partial charge in [0.1, 0.15) is 23.9 Å². The summed E-state index contributed by atoms with van der Waals surface area (Å²) in [4.78, 5) is 66.3. The van der Waals surface area contributed by atoms with Gasteiger partial charge < -0.3 is 24.4 Å². The third-order valence-electron chi connectivity index (χ3n) is 6.88. The maximum absolute atomic E-state index is 14.0. The molecule has 2 saturated heterocycles. The zero-order valence-electron chi connectivity index (χ0n) is 20.8. The normalized spacial score (nSPS) is 27.1. The molecule has 3 aliphatic heterocycles. The zero-order chi connectivity index (χ0) is 26.5. The summed E-state index contributed by atoms with van der Waals surface area (Å²) in [5, 5.41) is 2.83. The van der Waals surface area contributed by atoms with Crippen molar-refractivity contribution in [1.29, 1.82) is 0 Å². The molecule has 3 aliphatic rings. The second kappa shape index (κ2) is 11.5. The van der Waals surface area contributed by atoms with Crippen LogP contribution in [0.2, 0.25) is 0 Å². The molecule has 198 valence electrons. The van der Waals surface area contributed by atoms with Crippen LogP contribution < -0.4 is 15.0 Å². The first-order chi connectivity index (χ1) is 17.9. The Hall–Kier alpha value is -3.73. The molecule has 2 unspecified atom stereocenters. The van der Waals surface area contributed by atoms with Crippen LogP contribution >= 0.6 is 0 Å². The first-order valence-corrected chi connectivity index (χ1v) is 12.4. The van der Waals surface area contributed by atoms with Gasteiger partial charge in [0.25, 0.3) is 5.91 Å². The summed E-state index contributed by atoms with van der Waals surface area (Å²) < 4.78 is 15.8. The Bertz CT molecular complexity index is 1090. The van der Waals surface area contributed by atoms with E-state index in [1.807, 2.05) is 12.2 Å². The van der Waals surface area contributed by atoms with Gasteiger partial charge in [-0.15, -0.1) is 0 Å². The minimum absolute atomic E-state index is 0.0245. The largest absolute Gasteiger partial charge is 0.497 e. The Labute approximate surface area is 214 Å². The summed E-state index contributed by atoms with van der Waals surface area (Å²) in [5.41, 5.74) is 0.335. The lowest BCUT2D eigenvalue weighted by molar-refractivity contribution is -0.164. The number of carbonyl (C=O) groups excluding carboxylic acids is 5. The number of amides is 3. The van der Waals surface area contributed by atoms with Gasteiger partial charge in [-0.25, -0.2) is 0 Å². The van der Waals surface area contributed by atoms with Crippen molar-refractivity contribution in [2.45, 2.75) is 69.5 Å². The van der Waals surface area contributed by atoms with Crippen LogP contribution in [0.3, 0.4) is 0 Å². The van der Waals surface area contributed by atoms with E-state index in [4.69, 9.17) is 14.2 Å². The van der Waals surface area contributed by atoms with Crippen molar-refractivity contribution in [3.8, 4) is 5.75 Å². The van der Waals surface area contributed by atoms with Crippen LogP contribution in [0.5, 0.6) is 5.75 Å². The minimum atomic E-state index is -1.04. The SMILES string of the molecule is CCOC1OC(=O)CC1NC(=O)[C@@H]1CC[C@H]2CC=CC[C@H](N(C(=O)C=O)c3cccc(OC)c3)C(=O)N21. The molecule has 0 saturated carbocycles. The summed E-state index contributed by atoms with van der Waals surface area (Å²) in [6, 6.07) is 3.81. The number of nitrogens with zero attached hydrogens (tertiary/aromatic N) is 2. The first kappa shape index (κ1) is 26.3. The van der Waals surface area contributed by atoms with Gasteiger partial charge in [0.2, 0.25) is 24.4 Å². The lowest BCUT2D eigenvalue weighted by Crippen LogP contribution is -2.58. The summed E-state index contributed by atoms with van der Waals surface area (Å²) in [7, 11) is 1.48. The second-order valence-electron chi connectivity index (χ2n) is 9.11. The highest BCUT2D eigenvalue weighted by Crippen LogP contribution is 2.33. The number of methoxy groups -OCH3 is 1. The highest BCUT2D eigenvalue weighted by Gasteiger charge is 2.47. The number of fused-ring (bicyclic) bond motifs is 1. The number of carbonyl (C=O) groups is 5. The Kier molecular flexibility index (Phi) is 8.22. The predicted molar refractivity (Wildman–Crippen MR) is 130 cm³/mol. The number of esters is 1. The zero-order valence-corrected chi connectivity index (χ0v) is 20.8. The molecule has 0 bridgehead atoms. The number of nitrogens with one attached hydrogen (secondary N) is 1. The molecule has 1 N–H and O–H groups in total. The van der Waals surface area contributed by atoms with Crippen molar-refractivity contribution in [2.24, 2.45) is 0 Å². The molecule has 0 aromatic heterocycles. The summed E-state index contributed by atoms with van der Waals surface area (Å²) in [6.07, 6.45) is 4.77. The van der Waals surface area contributed by atoms with Gasteiger partial charge in [0.15, 0.2) is 0 Å². The predicted octanol–water partition coefficient (Wildman–Crippen LogP) is 1.10. The molecule has 1 aromatic rings. The van der Waals surface area contributed by atoms with Gasteiger partial charge in [-0.1, -0.05) is 18.2 Å². The molecule has 2 fully saturated rings. The van der Waals surface area contributed by atoms with E-state index in [1.54, 1.807) is 31.2 Å². The third kappa shape index (κ3) is 5.51. The number of benzene rings is 1. The van der Waals surface area contributed by atoms with E-state index in [0.29, 0.717) is 37.3 Å². The van der Waals surface area contributed by atoms with Crippen LogP contribution in [0.25, 0.3) is 0 Å². The van der Waals surface area contributed by atoms with Gasteiger partial charge in [0.05, 0.1) is 13.5 Å². The number of hydrogen-bond acceptors (Lipinski definition) is 8. The van der Waals surface area contributed by atoms with E-state index >= 15 is 0 Å². The number of hydrogen-bond donors (Lipinski definition) is 1. The third-order valence-corrected chi connectivity index (χ3v) is 6.88. The molecule has 4 rings (SSSR count). The Morgan fingerprint density at radius 1 is 1.22 bits per heavy atom. The highest BCUT2D eigenvalue weighted by molar-refractivity contribution is 6.31. The van der Waals surface area contributed by atoms with Gasteiger partial charge >= 0.3 is 5.97 Å². The van der Waals surface area contributed by atoms with Crippen molar-refractivity contribution in [1.82, 2.24) is 10.2 Å². The maximum Gasteiger partial charge on any atom is 0.310 e. The van der Waals surface area contributed by atoms with Crippen molar-refractivity contribution >= 4 is 35.7 Å². The number of ether oxygens (including phenoxy) is 3. The van der Waals surface area contributed by atoms with E-state index in [-0.39, 0.29) is 25.2 Å². The summed E-state index contributed by atoms with van der Waals surface area (Å²) >= 11 is 0. The molecule has 3 amide bonds. The number of rotatable bonds is 8. The van der Waals surface area contributed by atoms with Crippen molar-refractivity contribution in [3.63, 3.8) is 0 Å². The Balaban J connectivity index is 1.62. The molecule has 0 radical (unpaired) electrons. The fraction of sp³-hybridized carbons (Fsp3) is 0.500. The number of cyclic esters (lactones) is 1. The van der Waals surface area contributed by atoms with Gasteiger partial charge in [-0.05, 0) is 44.7 Å². The van der Waals surface area contributed by atoms with Crippen molar-refractivity contribution in [2.75, 3.05) is 18.6 Å². The topological polar surface area (TPSA) is 132 Å². The molecule has 0 spiro atoms. The number of anilines is 1. The monoisotopic (exact) mass is 513 g/mol. The van der Waals surface area contributed by atoms with Crippen LogP contribution in [0.4, 0.5) is 5.69 Å². The average Bonchev–Trinajstić information content (AvgIpc) is 3.46. The average molecular weight is 514 g/mol. The minimum Gasteiger partial charge on any atom is -0.497 e. The van der Waals surface area contributed by atoms with Gasteiger partial charge in [0, 0.05) is 24.4 Å². The van der Waals surface area contributed by atoms with Crippen molar-refractivity contribution < 1.29 is 38.2 Å². The van der Waals surface area contributed by atoms with Crippen LogP contribution in [0.1, 0.15) is 39.0 Å². The lowest BCUT2D eigenvalue weighted by atomic mass is 10.0. The smallest absolute Gasteiger partial charge is 0.310 e. The van der Waals surface area contributed by atoms with Gasteiger partial charge in [-0.2, -0.15) is 0 Å². The van der Waals surface area contributed by atoms with E-state index in [0.717, 1.165) is 4.90 Å². The quantitative estimate of drug-likeness (QED) is 0.237. The molecular weight excluding hydrogens is 482 g/mol. The fourth-order valence-electron chi connectivity index (χ4n) is 5.20. The second-order valence-corrected chi connectivity index (χ2v) is 9.11. The number of aldehydes is 1. The molecular formula is C26H31N3O8. The molecule has 11 heteroatoms. The van der Waals surface area contributed by atoms with Crippen LogP contribution in [0, 0.1) is 0 Å². The van der Waals surface area contributed by atoms with Crippen molar-refractivity contribution in [3.05, 3.63) is 36.4 Å². The summed E-state index contributed by atoms with van der Waals surface area (Å²) in [5.74, 6) is -1.73. The lowest BCUT2D eigenvalue weighted by Gasteiger charge is -2.38. The van der Waals surface area contributed by atoms with E-state index in [1.165, 1.54) is 12.0 Å². The van der Waals surface area contributed by atoms with E-state index in [2.05, 4.69) is 5.32 Å².